The van der Waals surface area contributed by atoms with Crippen LogP contribution < -0.4 is 10.6 Å². The highest BCUT2D eigenvalue weighted by atomic mass is 35.5. The third-order valence-corrected chi connectivity index (χ3v) is 9.55. The zero-order chi connectivity index (χ0) is 26.6. The van der Waals surface area contributed by atoms with Crippen LogP contribution in [0.3, 0.4) is 0 Å². The lowest BCUT2D eigenvalue weighted by Crippen LogP contribution is -2.69. The Labute approximate surface area is 240 Å². The van der Waals surface area contributed by atoms with Crippen LogP contribution in [0.5, 0.6) is 0 Å². The number of nitrogens with zero attached hydrogens (tertiary/aromatic N) is 1. The molecule has 5 aliphatic rings. The minimum atomic E-state index is -0.255. The van der Waals surface area contributed by atoms with Crippen molar-refractivity contribution in [3.8, 4) is 11.1 Å². The van der Waals surface area contributed by atoms with Crippen molar-refractivity contribution in [3.05, 3.63) is 95.3 Å². The fraction of sp³-hybridized carbons (Fsp3) is 0.394. The summed E-state index contributed by atoms with van der Waals surface area (Å²) >= 11 is 0. The van der Waals surface area contributed by atoms with Crippen LogP contribution in [-0.2, 0) is 17.9 Å². The Morgan fingerprint density at radius 3 is 2.20 bits per heavy atom. The summed E-state index contributed by atoms with van der Waals surface area (Å²) in [5.74, 6) is 0.917. The van der Waals surface area contributed by atoms with Crippen LogP contribution in [-0.4, -0.2) is 34.3 Å². The fourth-order valence-electron chi connectivity index (χ4n) is 8.29. The van der Waals surface area contributed by atoms with Gasteiger partial charge >= 0.3 is 0 Å². The molecule has 40 heavy (non-hydrogen) atoms. The number of carbonyl (C=O) groups excluding carboxylic acids is 2. The molecule has 0 spiro atoms. The monoisotopic (exact) mass is 559 g/mol. The number of rotatable bonds is 6. The first-order valence-corrected chi connectivity index (χ1v) is 14.2. The van der Waals surface area contributed by atoms with E-state index >= 15 is 0 Å². The number of benzene rings is 3. The van der Waals surface area contributed by atoms with Gasteiger partial charge in [0.2, 0.25) is 5.91 Å². The number of amides is 2. The summed E-state index contributed by atoms with van der Waals surface area (Å²) in [6, 6.07) is 22.9. The first-order valence-electron chi connectivity index (χ1n) is 14.2. The molecule has 5 nitrogen and oxygen atoms in total. The summed E-state index contributed by atoms with van der Waals surface area (Å²) in [5.41, 5.74) is 4.50. The Kier molecular flexibility index (Phi) is 6.96. The number of nitrogens with one attached hydrogen (secondary N) is 2. The lowest BCUT2D eigenvalue weighted by atomic mass is 9.50. The molecule has 4 saturated carbocycles. The molecule has 4 bridgehead atoms. The standard InChI is InChI=1S/C33H34FN3O2.ClH/c34-29-11-10-27-19-37(20-28(27)13-29)30(38)18-35-32-14-22-12-23(15-32)17-33(16-22,21-32)36-31(39)26-8-6-25(7-9-26)24-4-2-1-3-5-24;/h1-11,13,22-23,35H,12,14-21H2,(H,36,39);1H/t22-,23+,32?,33?;. The highest BCUT2D eigenvalue weighted by molar-refractivity contribution is 5.95. The summed E-state index contributed by atoms with van der Waals surface area (Å²) in [5, 5.41) is 7.16. The largest absolute Gasteiger partial charge is 0.347 e. The van der Waals surface area contributed by atoms with E-state index in [-0.39, 0.29) is 47.7 Å². The first-order chi connectivity index (χ1) is 18.9. The fourth-order valence-corrected chi connectivity index (χ4v) is 8.29. The van der Waals surface area contributed by atoms with Crippen molar-refractivity contribution in [1.29, 1.82) is 0 Å². The van der Waals surface area contributed by atoms with Crippen LogP contribution in [0.4, 0.5) is 4.39 Å². The quantitative estimate of drug-likeness (QED) is 0.397. The van der Waals surface area contributed by atoms with Crippen molar-refractivity contribution in [2.24, 2.45) is 11.8 Å². The Morgan fingerprint density at radius 2 is 1.48 bits per heavy atom. The smallest absolute Gasteiger partial charge is 0.251 e. The van der Waals surface area contributed by atoms with Crippen molar-refractivity contribution in [2.75, 3.05) is 6.54 Å². The van der Waals surface area contributed by atoms with Crippen molar-refractivity contribution >= 4 is 24.2 Å². The lowest BCUT2D eigenvalue weighted by Gasteiger charge is -2.62. The van der Waals surface area contributed by atoms with Gasteiger partial charge in [0.25, 0.3) is 5.91 Å². The molecular weight excluding hydrogens is 525 g/mol. The summed E-state index contributed by atoms with van der Waals surface area (Å²) in [6.45, 7) is 1.28. The van der Waals surface area contributed by atoms with Gasteiger partial charge in [-0.25, -0.2) is 4.39 Å². The van der Waals surface area contributed by atoms with E-state index in [1.807, 2.05) is 47.4 Å². The van der Waals surface area contributed by atoms with Gasteiger partial charge in [0.05, 0.1) is 6.54 Å². The molecule has 8 rings (SSSR count). The van der Waals surface area contributed by atoms with E-state index in [0.29, 0.717) is 30.5 Å². The SMILES string of the molecule is Cl.O=C(NC12C[C@@H]3C[C@@H](CC(NCC(=O)N4Cc5ccc(F)cc5C4)(C3)C1)C2)c1ccc(-c2ccccc2)cc1. The van der Waals surface area contributed by atoms with Gasteiger partial charge in [-0.05, 0) is 96.9 Å². The van der Waals surface area contributed by atoms with Crippen molar-refractivity contribution < 1.29 is 14.0 Å². The number of carbonyl (C=O) groups is 2. The molecule has 7 heteroatoms. The lowest BCUT2D eigenvalue weighted by molar-refractivity contribution is -0.132. The van der Waals surface area contributed by atoms with Gasteiger partial charge in [-0.3, -0.25) is 9.59 Å². The third-order valence-electron chi connectivity index (χ3n) is 9.55. The predicted molar refractivity (Wildman–Crippen MR) is 155 cm³/mol. The van der Waals surface area contributed by atoms with E-state index in [1.165, 1.54) is 18.6 Å². The van der Waals surface area contributed by atoms with Gasteiger partial charge in [-0.1, -0.05) is 48.5 Å². The molecule has 2 N–H and O–H groups in total. The number of halogens is 2. The zero-order valence-corrected chi connectivity index (χ0v) is 23.3. The van der Waals surface area contributed by atoms with Crippen molar-refractivity contribution in [1.82, 2.24) is 15.5 Å². The van der Waals surface area contributed by atoms with Crippen LogP contribution in [0.15, 0.2) is 72.8 Å². The average Bonchev–Trinajstić information content (AvgIpc) is 3.35. The van der Waals surface area contributed by atoms with Gasteiger partial charge in [-0.2, -0.15) is 0 Å². The van der Waals surface area contributed by atoms with Gasteiger partial charge < -0.3 is 15.5 Å². The molecule has 4 aliphatic carbocycles. The highest BCUT2D eigenvalue weighted by Crippen LogP contribution is 2.57. The maximum atomic E-state index is 13.6. The molecule has 4 fully saturated rings. The molecule has 0 aromatic heterocycles. The molecule has 208 valence electrons. The Bertz CT molecular complexity index is 1410. The Hall–Kier alpha value is -3.22. The van der Waals surface area contributed by atoms with Crippen molar-refractivity contribution in [2.45, 2.75) is 62.7 Å². The summed E-state index contributed by atoms with van der Waals surface area (Å²) < 4.78 is 13.6. The third kappa shape index (κ3) is 5.04. The second-order valence-electron chi connectivity index (χ2n) is 12.4. The van der Waals surface area contributed by atoms with E-state index in [2.05, 4.69) is 22.8 Å². The van der Waals surface area contributed by atoms with E-state index in [1.54, 1.807) is 6.07 Å². The molecule has 0 saturated heterocycles. The summed E-state index contributed by atoms with van der Waals surface area (Å²) in [7, 11) is 0. The maximum absolute atomic E-state index is 13.6. The predicted octanol–water partition coefficient (Wildman–Crippen LogP) is 5.87. The van der Waals surface area contributed by atoms with Crippen LogP contribution in [0, 0.1) is 17.7 Å². The molecule has 3 aromatic rings. The summed E-state index contributed by atoms with van der Waals surface area (Å²) in [6.07, 6.45) is 6.23. The second kappa shape index (κ2) is 10.3. The molecule has 2 unspecified atom stereocenters. The van der Waals surface area contributed by atoms with E-state index in [9.17, 15) is 14.0 Å². The molecule has 1 aliphatic heterocycles. The Morgan fingerprint density at radius 1 is 0.825 bits per heavy atom. The van der Waals surface area contributed by atoms with Crippen molar-refractivity contribution in [3.63, 3.8) is 0 Å². The zero-order valence-electron chi connectivity index (χ0n) is 22.5. The Balaban J connectivity index is 0.00000289. The minimum Gasteiger partial charge on any atom is -0.347 e. The number of hydrogen-bond donors (Lipinski definition) is 2. The van der Waals surface area contributed by atoms with E-state index in [4.69, 9.17) is 0 Å². The summed E-state index contributed by atoms with van der Waals surface area (Å²) in [4.78, 5) is 28.4. The average molecular weight is 560 g/mol. The molecule has 3 aromatic carbocycles. The van der Waals surface area contributed by atoms with Crippen LogP contribution in [0.2, 0.25) is 0 Å². The number of hydrogen-bond acceptors (Lipinski definition) is 3. The van der Waals surface area contributed by atoms with Crippen LogP contribution >= 0.6 is 12.4 Å². The minimum absolute atomic E-state index is 0. The number of fused-ring (bicyclic) bond motifs is 1. The topological polar surface area (TPSA) is 61.4 Å². The molecular formula is C33H35ClFN3O2. The van der Waals surface area contributed by atoms with Gasteiger partial charge in [0, 0.05) is 29.7 Å². The van der Waals surface area contributed by atoms with Gasteiger partial charge in [-0.15, -0.1) is 12.4 Å². The second-order valence-corrected chi connectivity index (χ2v) is 12.4. The van der Waals surface area contributed by atoms with Crippen LogP contribution in [0.25, 0.3) is 11.1 Å². The molecule has 1 heterocycles. The highest BCUT2D eigenvalue weighted by Gasteiger charge is 2.58. The van der Waals surface area contributed by atoms with Gasteiger partial charge in [0.1, 0.15) is 5.82 Å². The molecule has 2 amide bonds. The first kappa shape index (κ1) is 27.0. The molecule has 4 atom stereocenters. The molecule has 0 radical (unpaired) electrons. The van der Waals surface area contributed by atoms with E-state index in [0.717, 1.165) is 54.4 Å². The maximum Gasteiger partial charge on any atom is 0.251 e. The van der Waals surface area contributed by atoms with E-state index < -0.39 is 0 Å². The van der Waals surface area contributed by atoms with Crippen LogP contribution in [0.1, 0.15) is 60.0 Å². The van der Waals surface area contributed by atoms with Gasteiger partial charge in [0.15, 0.2) is 0 Å². The normalized spacial score (nSPS) is 27.7.